The minimum atomic E-state index is -1.30. The van der Waals surface area contributed by atoms with Gasteiger partial charge in [-0.3, -0.25) is 0 Å². The Labute approximate surface area is 106 Å². The molecule has 0 amide bonds. The molecule has 1 unspecified atom stereocenters. The molecule has 90 valence electrons. The Morgan fingerprint density at radius 1 is 1.11 bits per heavy atom. The van der Waals surface area contributed by atoms with Crippen molar-refractivity contribution in [1.29, 1.82) is 0 Å². The molecule has 0 spiro atoms. The van der Waals surface area contributed by atoms with Crippen LogP contribution >= 0.6 is 0 Å². The molecular weight excluding hydrogens is 227 g/mol. The molecule has 0 aromatic heterocycles. The van der Waals surface area contributed by atoms with E-state index in [1.807, 2.05) is 0 Å². The third-order valence-corrected chi connectivity index (χ3v) is 2.91. The van der Waals surface area contributed by atoms with Gasteiger partial charge >= 0.3 is 0 Å². The Morgan fingerprint density at radius 2 is 1.72 bits per heavy atom. The molecule has 1 atom stereocenters. The fourth-order valence-electron chi connectivity index (χ4n) is 1.75. The van der Waals surface area contributed by atoms with Gasteiger partial charge in [0.1, 0.15) is 11.4 Å². The van der Waals surface area contributed by atoms with Gasteiger partial charge in [-0.25, -0.2) is 4.39 Å². The third kappa shape index (κ3) is 2.27. The number of terminal acetylenes is 1. The Morgan fingerprint density at radius 3 is 2.28 bits per heavy atom. The van der Waals surface area contributed by atoms with E-state index in [0.29, 0.717) is 11.1 Å². The lowest BCUT2D eigenvalue weighted by atomic mass is 9.94. The SMILES string of the molecule is C#CC(C)(O)c1ccc(-c2ccccc2F)cc1. The molecule has 0 aliphatic heterocycles. The van der Waals surface area contributed by atoms with Crippen LogP contribution < -0.4 is 0 Å². The minimum Gasteiger partial charge on any atom is -0.374 e. The van der Waals surface area contributed by atoms with Crippen molar-refractivity contribution in [2.24, 2.45) is 0 Å². The van der Waals surface area contributed by atoms with E-state index in [9.17, 15) is 9.50 Å². The number of halogens is 1. The van der Waals surface area contributed by atoms with Gasteiger partial charge in [0.15, 0.2) is 0 Å². The predicted octanol–water partition coefficient (Wildman–Crippen LogP) is 3.33. The van der Waals surface area contributed by atoms with Crippen LogP contribution in [-0.4, -0.2) is 5.11 Å². The minimum absolute atomic E-state index is 0.269. The lowest BCUT2D eigenvalue weighted by Gasteiger charge is -2.17. The van der Waals surface area contributed by atoms with E-state index >= 15 is 0 Å². The molecule has 0 aliphatic carbocycles. The van der Waals surface area contributed by atoms with Crippen molar-refractivity contribution >= 4 is 0 Å². The average molecular weight is 240 g/mol. The van der Waals surface area contributed by atoms with Crippen molar-refractivity contribution in [3.8, 4) is 23.5 Å². The first-order valence-corrected chi connectivity index (χ1v) is 5.60. The van der Waals surface area contributed by atoms with E-state index in [-0.39, 0.29) is 5.82 Å². The van der Waals surface area contributed by atoms with Crippen LogP contribution in [0, 0.1) is 18.2 Å². The maximum atomic E-state index is 13.6. The first-order chi connectivity index (χ1) is 8.54. The summed E-state index contributed by atoms with van der Waals surface area (Å²) in [5, 5.41) is 9.90. The molecule has 2 rings (SSSR count). The highest BCUT2D eigenvalue weighted by atomic mass is 19.1. The summed E-state index contributed by atoms with van der Waals surface area (Å²) in [5.74, 6) is 2.04. The maximum Gasteiger partial charge on any atom is 0.147 e. The Bertz CT molecular complexity index is 591. The smallest absolute Gasteiger partial charge is 0.147 e. The zero-order valence-corrected chi connectivity index (χ0v) is 10.0. The van der Waals surface area contributed by atoms with Gasteiger partial charge in [-0.2, -0.15) is 0 Å². The van der Waals surface area contributed by atoms with Crippen molar-refractivity contribution in [3.63, 3.8) is 0 Å². The van der Waals surface area contributed by atoms with E-state index in [2.05, 4.69) is 5.92 Å². The van der Waals surface area contributed by atoms with Gasteiger partial charge in [0, 0.05) is 5.56 Å². The maximum absolute atomic E-state index is 13.6. The normalized spacial score (nSPS) is 13.7. The number of hydrogen-bond acceptors (Lipinski definition) is 1. The first kappa shape index (κ1) is 12.3. The summed E-state index contributed by atoms with van der Waals surface area (Å²) < 4.78 is 13.6. The van der Waals surface area contributed by atoms with Crippen molar-refractivity contribution in [2.75, 3.05) is 0 Å². The van der Waals surface area contributed by atoms with Gasteiger partial charge in [0.25, 0.3) is 0 Å². The largest absolute Gasteiger partial charge is 0.374 e. The molecule has 0 radical (unpaired) electrons. The fourth-order valence-corrected chi connectivity index (χ4v) is 1.75. The molecule has 2 aromatic carbocycles. The molecule has 0 bridgehead atoms. The van der Waals surface area contributed by atoms with E-state index in [1.165, 1.54) is 6.07 Å². The monoisotopic (exact) mass is 240 g/mol. The molecular formula is C16H13FO. The predicted molar refractivity (Wildman–Crippen MR) is 70.2 cm³/mol. The summed E-state index contributed by atoms with van der Waals surface area (Å²) >= 11 is 0. The number of rotatable bonds is 2. The number of benzene rings is 2. The standard InChI is InChI=1S/C16H13FO/c1-3-16(2,18)13-10-8-12(9-11-13)14-6-4-5-7-15(14)17/h1,4-11,18H,2H3. The van der Waals surface area contributed by atoms with Crippen molar-refractivity contribution in [3.05, 3.63) is 59.9 Å². The third-order valence-electron chi connectivity index (χ3n) is 2.91. The van der Waals surface area contributed by atoms with Crippen LogP contribution in [0.3, 0.4) is 0 Å². The van der Waals surface area contributed by atoms with E-state index in [1.54, 1.807) is 49.4 Å². The molecule has 2 aromatic rings. The van der Waals surface area contributed by atoms with Crippen LogP contribution in [0.1, 0.15) is 12.5 Å². The summed E-state index contributed by atoms with van der Waals surface area (Å²) in [7, 11) is 0. The summed E-state index contributed by atoms with van der Waals surface area (Å²) in [4.78, 5) is 0. The second-order valence-electron chi connectivity index (χ2n) is 4.27. The topological polar surface area (TPSA) is 20.2 Å². The Balaban J connectivity index is 2.41. The summed E-state index contributed by atoms with van der Waals surface area (Å²) in [6, 6.07) is 13.5. The van der Waals surface area contributed by atoms with Crippen molar-refractivity contribution in [2.45, 2.75) is 12.5 Å². The zero-order valence-electron chi connectivity index (χ0n) is 10.0. The lowest BCUT2D eigenvalue weighted by Crippen LogP contribution is -2.17. The molecule has 2 heteroatoms. The first-order valence-electron chi connectivity index (χ1n) is 5.60. The van der Waals surface area contributed by atoms with Crippen molar-refractivity contribution < 1.29 is 9.50 Å². The van der Waals surface area contributed by atoms with E-state index < -0.39 is 5.60 Å². The highest BCUT2D eigenvalue weighted by molar-refractivity contribution is 5.64. The van der Waals surface area contributed by atoms with E-state index in [4.69, 9.17) is 6.42 Å². The summed E-state index contributed by atoms with van der Waals surface area (Å²) in [5.41, 5.74) is 0.604. The average Bonchev–Trinajstić information content (AvgIpc) is 2.39. The molecule has 18 heavy (non-hydrogen) atoms. The fraction of sp³-hybridized carbons (Fsp3) is 0.125. The number of aliphatic hydroxyl groups is 1. The van der Waals surface area contributed by atoms with Crippen molar-refractivity contribution in [1.82, 2.24) is 0 Å². The molecule has 1 N–H and O–H groups in total. The highest BCUT2D eigenvalue weighted by Crippen LogP contribution is 2.26. The van der Waals surface area contributed by atoms with Crippen LogP contribution in [0.4, 0.5) is 4.39 Å². The summed E-state index contributed by atoms with van der Waals surface area (Å²) in [6.07, 6.45) is 5.25. The molecule has 0 fully saturated rings. The van der Waals surface area contributed by atoms with Gasteiger partial charge in [-0.15, -0.1) is 6.42 Å². The van der Waals surface area contributed by atoms with Gasteiger partial charge in [0.05, 0.1) is 0 Å². The summed E-state index contributed by atoms with van der Waals surface area (Å²) in [6.45, 7) is 1.55. The van der Waals surface area contributed by atoms with Crippen LogP contribution in [0.25, 0.3) is 11.1 Å². The Hall–Kier alpha value is -2.11. The Kier molecular flexibility index (Phi) is 3.18. The van der Waals surface area contributed by atoms with Crippen LogP contribution in [0.2, 0.25) is 0 Å². The van der Waals surface area contributed by atoms with Gasteiger partial charge in [0.2, 0.25) is 0 Å². The van der Waals surface area contributed by atoms with Gasteiger partial charge < -0.3 is 5.11 Å². The second-order valence-corrected chi connectivity index (χ2v) is 4.27. The molecule has 0 saturated heterocycles. The quantitative estimate of drug-likeness (QED) is 0.798. The van der Waals surface area contributed by atoms with Crippen LogP contribution in [-0.2, 0) is 5.60 Å². The zero-order chi connectivity index (χ0) is 13.2. The van der Waals surface area contributed by atoms with Crippen LogP contribution in [0.15, 0.2) is 48.5 Å². The highest BCUT2D eigenvalue weighted by Gasteiger charge is 2.19. The lowest BCUT2D eigenvalue weighted by molar-refractivity contribution is 0.122. The molecule has 0 aliphatic rings. The molecule has 0 heterocycles. The number of hydrogen-bond donors (Lipinski definition) is 1. The molecule has 1 nitrogen and oxygen atoms in total. The molecule has 0 saturated carbocycles. The van der Waals surface area contributed by atoms with Crippen LogP contribution in [0.5, 0.6) is 0 Å². The second kappa shape index (κ2) is 4.64. The van der Waals surface area contributed by atoms with Gasteiger partial charge in [-0.05, 0) is 24.1 Å². The van der Waals surface area contributed by atoms with Gasteiger partial charge in [-0.1, -0.05) is 48.4 Å². The van der Waals surface area contributed by atoms with E-state index in [0.717, 1.165) is 5.56 Å².